The number of rotatable bonds is 4. The maximum Gasteiger partial charge on any atom is 0.0603 e. The van der Waals surface area contributed by atoms with Crippen LogP contribution in [0.25, 0.3) is 0 Å². The summed E-state index contributed by atoms with van der Waals surface area (Å²) < 4.78 is 0. The first-order chi connectivity index (χ1) is 12.2. The van der Waals surface area contributed by atoms with Crippen molar-refractivity contribution in [3.63, 3.8) is 0 Å². The van der Waals surface area contributed by atoms with Crippen molar-refractivity contribution in [2.24, 2.45) is 0 Å². The highest BCUT2D eigenvalue weighted by atomic mass is 35.5. The van der Waals surface area contributed by atoms with Gasteiger partial charge in [0.2, 0.25) is 0 Å². The summed E-state index contributed by atoms with van der Waals surface area (Å²) in [6.07, 6.45) is 1.11. The maximum absolute atomic E-state index is 3.67. The molecule has 2 aliphatic rings. The van der Waals surface area contributed by atoms with Crippen molar-refractivity contribution in [2.75, 3.05) is 57.3 Å². The molecule has 1 unspecified atom stereocenters. The number of aryl methyl sites for hydroxylation is 2. The smallest absolute Gasteiger partial charge is 0.0603 e. The van der Waals surface area contributed by atoms with Crippen molar-refractivity contribution in [1.82, 2.24) is 15.1 Å². The molecule has 2 aliphatic heterocycles. The molecule has 2 fully saturated rings. The third-order valence-electron chi connectivity index (χ3n) is 5.23. The summed E-state index contributed by atoms with van der Waals surface area (Å²) in [6.45, 7) is 11.9. The molecule has 1 aromatic rings. The van der Waals surface area contributed by atoms with Crippen LogP contribution in [0, 0.1) is 25.7 Å². The average molecular weight is 430 g/mol. The summed E-state index contributed by atoms with van der Waals surface area (Å²) in [7, 11) is 0. The van der Waals surface area contributed by atoms with Crippen molar-refractivity contribution in [2.45, 2.75) is 26.3 Å². The first-order valence-electron chi connectivity index (χ1n) is 9.48. The predicted molar refractivity (Wildman–Crippen MR) is 124 cm³/mol. The monoisotopic (exact) mass is 429 g/mol. The van der Waals surface area contributed by atoms with Gasteiger partial charge in [-0.25, -0.2) is 0 Å². The van der Waals surface area contributed by atoms with Gasteiger partial charge in [-0.2, -0.15) is 11.8 Å². The van der Waals surface area contributed by atoms with E-state index in [0.717, 1.165) is 39.1 Å². The molecular formula is C21H33Cl2N3S. The van der Waals surface area contributed by atoms with Crippen LogP contribution in [0.15, 0.2) is 18.2 Å². The summed E-state index contributed by atoms with van der Waals surface area (Å²) in [5.41, 5.74) is 4.22. The van der Waals surface area contributed by atoms with Gasteiger partial charge in [0.05, 0.1) is 13.1 Å². The number of halogens is 2. The van der Waals surface area contributed by atoms with Crippen molar-refractivity contribution < 1.29 is 0 Å². The van der Waals surface area contributed by atoms with E-state index in [-0.39, 0.29) is 24.8 Å². The van der Waals surface area contributed by atoms with Crippen LogP contribution in [-0.2, 0) is 6.42 Å². The minimum atomic E-state index is 0. The Morgan fingerprint density at radius 3 is 2.41 bits per heavy atom. The van der Waals surface area contributed by atoms with E-state index in [1.165, 1.54) is 41.3 Å². The second kappa shape index (κ2) is 12.9. The molecule has 0 saturated carbocycles. The first kappa shape index (κ1) is 24.6. The molecule has 0 amide bonds. The molecule has 0 radical (unpaired) electrons. The van der Waals surface area contributed by atoms with Crippen LogP contribution < -0.4 is 5.32 Å². The molecule has 2 heterocycles. The third kappa shape index (κ3) is 8.23. The van der Waals surface area contributed by atoms with Crippen LogP contribution in [0.3, 0.4) is 0 Å². The normalized spacial score (nSPS) is 20.7. The number of hydrogen-bond acceptors (Lipinski definition) is 4. The fourth-order valence-electron chi connectivity index (χ4n) is 3.48. The van der Waals surface area contributed by atoms with Crippen LogP contribution >= 0.6 is 36.6 Å². The zero-order valence-corrected chi connectivity index (χ0v) is 18.9. The molecule has 1 N–H and O–H groups in total. The fourth-order valence-corrected chi connectivity index (χ4v) is 4.46. The number of benzene rings is 1. The quantitative estimate of drug-likeness (QED) is 0.740. The topological polar surface area (TPSA) is 18.5 Å². The number of nitrogens with zero attached hydrogens (tertiary/aromatic N) is 2. The Kier molecular flexibility index (Phi) is 11.8. The Bertz CT molecular complexity index is 624. The Hall–Kier alpha value is -0.410. The van der Waals surface area contributed by atoms with Crippen LogP contribution in [0.2, 0.25) is 0 Å². The zero-order chi connectivity index (χ0) is 17.5. The second-order valence-electron chi connectivity index (χ2n) is 7.25. The fraction of sp³-hybridized carbons (Fsp3) is 0.619. The Balaban J connectivity index is 0.00000182. The van der Waals surface area contributed by atoms with E-state index in [4.69, 9.17) is 0 Å². The second-order valence-corrected chi connectivity index (χ2v) is 8.48. The highest BCUT2D eigenvalue weighted by Crippen LogP contribution is 2.13. The van der Waals surface area contributed by atoms with E-state index in [0.29, 0.717) is 6.04 Å². The SMILES string of the molecule is Cc1ccc(CC2CN(CC#CCN3CCSCC3)CCN2)cc1C.Cl.Cl. The molecule has 0 aliphatic carbocycles. The number of thioether (sulfide) groups is 1. The molecule has 0 spiro atoms. The highest BCUT2D eigenvalue weighted by Gasteiger charge is 2.18. The van der Waals surface area contributed by atoms with E-state index >= 15 is 0 Å². The van der Waals surface area contributed by atoms with Crippen molar-refractivity contribution in [3.05, 3.63) is 34.9 Å². The van der Waals surface area contributed by atoms with Gasteiger partial charge >= 0.3 is 0 Å². The van der Waals surface area contributed by atoms with E-state index in [1.807, 2.05) is 0 Å². The first-order valence-corrected chi connectivity index (χ1v) is 10.6. The minimum absolute atomic E-state index is 0. The van der Waals surface area contributed by atoms with Gasteiger partial charge in [0.1, 0.15) is 0 Å². The van der Waals surface area contributed by atoms with Crippen molar-refractivity contribution >= 4 is 36.6 Å². The van der Waals surface area contributed by atoms with Crippen LogP contribution in [-0.4, -0.2) is 73.2 Å². The van der Waals surface area contributed by atoms with Gasteiger partial charge in [0.15, 0.2) is 0 Å². The average Bonchev–Trinajstić information content (AvgIpc) is 2.63. The summed E-state index contributed by atoms with van der Waals surface area (Å²) >= 11 is 2.06. The lowest BCUT2D eigenvalue weighted by Crippen LogP contribution is -2.51. The summed E-state index contributed by atoms with van der Waals surface area (Å²) in [4.78, 5) is 4.98. The standard InChI is InChI=1S/C21H31N3S.2ClH/c1-18-5-6-20(15-19(18)2)16-21-17-24(10-7-22-21)9-4-3-8-23-11-13-25-14-12-23;;/h5-6,15,21-22H,7-14,16-17H2,1-2H3;2*1H. The van der Waals surface area contributed by atoms with E-state index in [2.05, 4.69) is 70.8 Å². The zero-order valence-electron chi connectivity index (χ0n) is 16.5. The molecule has 0 aromatic heterocycles. The lowest BCUT2D eigenvalue weighted by molar-refractivity contribution is 0.220. The number of piperazine rings is 1. The summed E-state index contributed by atoms with van der Waals surface area (Å²) in [5.74, 6) is 9.32. The molecule has 152 valence electrons. The van der Waals surface area contributed by atoms with Crippen molar-refractivity contribution in [3.8, 4) is 11.8 Å². The maximum atomic E-state index is 3.67. The van der Waals surface area contributed by atoms with Crippen LogP contribution in [0.5, 0.6) is 0 Å². The molecule has 6 heteroatoms. The van der Waals surface area contributed by atoms with Crippen molar-refractivity contribution in [1.29, 1.82) is 0 Å². The van der Waals surface area contributed by atoms with E-state index in [9.17, 15) is 0 Å². The third-order valence-corrected chi connectivity index (χ3v) is 6.17. The largest absolute Gasteiger partial charge is 0.311 e. The summed E-state index contributed by atoms with van der Waals surface area (Å²) in [5, 5.41) is 3.67. The molecule has 27 heavy (non-hydrogen) atoms. The summed E-state index contributed by atoms with van der Waals surface area (Å²) in [6, 6.07) is 7.40. The highest BCUT2D eigenvalue weighted by molar-refractivity contribution is 7.99. The minimum Gasteiger partial charge on any atom is -0.311 e. The molecule has 2 saturated heterocycles. The molecule has 3 rings (SSSR count). The lowest BCUT2D eigenvalue weighted by Gasteiger charge is -2.32. The Morgan fingerprint density at radius 2 is 1.70 bits per heavy atom. The van der Waals surface area contributed by atoms with Gasteiger partial charge < -0.3 is 5.32 Å². The number of nitrogens with one attached hydrogen (secondary N) is 1. The lowest BCUT2D eigenvalue weighted by atomic mass is 10.00. The molecule has 0 bridgehead atoms. The molecule has 1 atom stereocenters. The van der Waals surface area contributed by atoms with Gasteiger partial charge in [-0.3, -0.25) is 9.80 Å². The van der Waals surface area contributed by atoms with Gasteiger partial charge in [0, 0.05) is 50.3 Å². The Morgan fingerprint density at radius 1 is 1.00 bits per heavy atom. The van der Waals surface area contributed by atoms with E-state index < -0.39 is 0 Å². The van der Waals surface area contributed by atoms with Gasteiger partial charge in [-0.1, -0.05) is 30.0 Å². The molecule has 3 nitrogen and oxygen atoms in total. The predicted octanol–water partition coefficient (Wildman–Crippen LogP) is 3.02. The Labute approximate surface area is 181 Å². The van der Waals surface area contributed by atoms with Crippen LogP contribution in [0.4, 0.5) is 0 Å². The number of hydrogen-bond donors (Lipinski definition) is 1. The molecule has 1 aromatic carbocycles. The van der Waals surface area contributed by atoms with Gasteiger partial charge in [-0.05, 0) is 37.0 Å². The van der Waals surface area contributed by atoms with Crippen LogP contribution in [0.1, 0.15) is 16.7 Å². The van der Waals surface area contributed by atoms with E-state index in [1.54, 1.807) is 0 Å². The van der Waals surface area contributed by atoms with Gasteiger partial charge in [0.25, 0.3) is 0 Å². The van der Waals surface area contributed by atoms with Gasteiger partial charge in [-0.15, -0.1) is 24.8 Å². The molecular weight excluding hydrogens is 397 g/mol.